The van der Waals surface area contributed by atoms with E-state index in [1.165, 1.54) is 12.8 Å². The zero-order chi connectivity index (χ0) is 23.4. The lowest BCUT2D eigenvalue weighted by Gasteiger charge is -2.34. The fourth-order valence-corrected chi connectivity index (χ4v) is 4.66. The zero-order valence-corrected chi connectivity index (χ0v) is 19.4. The maximum absolute atomic E-state index is 13.3. The molecule has 3 fully saturated rings. The Balaban J connectivity index is 1.51. The highest BCUT2D eigenvalue weighted by atomic mass is 16.6. The molecule has 0 unspecified atom stereocenters. The summed E-state index contributed by atoms with van der Waals surface area (Å²) in [6, 6.07) is 0.298. The Kier molecular flexibility index (Phi) is 7.35. The van der Waals surface area contributed by atoms with Crippen molar-refractivity contribution in [3.63, 3.8) is 0 Å². The predicted octanol–water partition coefficient (Wildman–Crippen LogP) is 2.55. The van der Waals surface area contributed by atoms with Gasteiger partial charge in [-0.25, -0.2) is 4.79 Å². The SMILES string of the molecule is CCOC(=O)N1CCN(C(=O)c2cn(C3CC3)cc(C(=O)NC3CCCCCC3)c2=O)CC1. The summed E-state index contributed by atoms with van der Waals surface area (Å²) in [6.45, 7) is 3.39. The van der Waals surface area contributed by atoms with E-state index in [2.05, 4.69) is 5.32 Å². The molecule has 9 heteroatoms. The van der Waals surface area contributed by atoms with Gasteiger partial charge in [0.1, 0.15) is 11.1 Å². The number of carbonyl (C=O) groups excluding carboxylic acids is 3. The molecule has 2 heterocycles. The smallest absolute Gasteiger partial charge is 0.409 e. The molecule has 0 aromatic carbocycles. The molecular weight excluding hydrogens is 424 g/mol. The number of nitrogens with one attached hydrogen (secondary N) is 1. The molecule has 9 nitrogen and oxygen atoms in total. The normalized spacial score (nSPS) is 19.7. The molecule has 0 spiro atoms. The molecule has 0 bridgehead atoms. The van der Waals surface area contributed by atoms with Crippen LogP contribution in [-0.4, -0.2) is 71.1 Å². The van der Waals surface area contributed by atoms with Gasteiger partial charge in [-0.1, -0.05) is 25.7 Å². The highest BCUT2D eigenvalue weighted by molar-refractivity contribution is 5.99. The summed E-state index contributed by atoms with van der Waals surface area (Å²) in [4.78, 5) is 54.7. The summed E-state index contributed by atoms with van der Waals surface area (Å²) in [6.07, 6.45) is 11.1. The lowest BCUT2D eigenvalue weighted by molar-refractivity contribution is 0.0568. The van der Waals surface area contributed by atoms with Crippen molar-refractivity contribution in [1.29, 1.82) is 0 Å². The van der Waals surface area contributed by atoms with Gasteiger partial charge < -0.3 is 24.4 Å². The van der Waals surface area contributed by atoms with Gasteiger partial charge in [0.05, 0.1) is 6.61 Å². The molecule has 2 saturated carbocycles. The first-order chi connectivity index (χ1) is 16.0. The average molecular weight is 459 g/mol. The van der Waals surface area contributed by atoms with Gasteiger partial charge in [-0.3, -0.25) is 14.4 Å². The molecule has 0 radical (unpaired) electrons. The minimum absolute atomic E-state index is 0.0278. The number of hydrogen-bond acceptors (Lipinski definition) is 5. The van der Waals surface area contributed by atoms with Crippen LogP contribution in [0.2, 0.25) is 0 Å². The van der Waals surface area contributed by atoms with E-state index in [4.69, 9.17) is 4.74 Å². The van der Waals surface area contributed by atoms with Crippen LogP contribution in [0.15, 0.2) is 17.2 Å². The molecule has 3 amide bonds. The van der Waals surface area contributed by atoms with Crippen LogP contribution in [0.25, 0.3) is 0 Å². The van der Waals surface area contributed by atoms with Crippen LogP contribution in [-0.2, 0) is 4.74 Å². The maximum Gasteiger partial charge on any atom is 0.409 e. The number of rotatable bonds is 5. The Labute approximate surface area is 194 Å². The third kappa shape index (κ3) is 5.57. The highest BCUT2D eigenvalue weighted by Gasteiger charge is 2.31. The molecule has 33 heavy (non-hydrogen) atoms. The molecule has 180 valence electrons. The van der Waals surface area contributed by atoms with Crippen molar-refractivity contribution in [2.24, 2.45) is 0 Å². The molecule has 4 rings (SSSR count). The minimum Gasteiger partial charge on any atom is -0.450 e. The maximum atomic E-state index is 13.3. The van der Waals surface area contributed by atoms with Gasteiger partial charge in [0.25, 0.3) is 11.8 Å². The quantitative estimate of drug-likeness (QED) is 0.684. The number of hydrogen-bond donors (Lipinski definition) is 1. The number of piperazine rings is 1. The van der Waals surface area contributed by atoms with Gasteiger partial charge in [0.15, 0.2) is 0 Å². The van der Waals surface area contributed by atoms with E-state index in [1.807, 2.05) is 4.57 Å². The molecule has 2 aliphatic carbocycles. The van der Waals surface area contributed by atoms with Gasteiger partial charge in [0.2, 0.25) is 5.43 Å². The zero-order valence-electron chi connectivity index (χ0n) is 19.4. The largest absolute Gasteiger partial charge is 0.450 e. The monoisotopic (exact) mass is 458 g/mol. The Morgan fingerprint density at radius 2 is 1.52 bits per heavy atom. The molecule has 3 aliphatic rings. The molecule has 1 N–H and O–H groups in total. The van der Waals surface area contributed by atoms with E-state index in [9.17, 15) is 19.2 Å². The van der Waals surface area contributed by atoms with Crippen molar-refractivity contribution in [2.45, 2.75) is 70.4 Å². The topological polar surface area (TPSA) is 101 Å². The van der Waals surface area contributed by atoms with E-state index in [0.717, 1.165) is 38.5 Å². The summed E-state index contributed by atoms with van der Waals surface area (Å²) in [5, 5.41) is 3.04. The van der Waals surface area contributed by atoms with Crippen molar-refractivity contribution in [3.8, 4) is 0 Å². The first kappa shape index (κ1) is 23.3. The van der Waals surface area contributed by atoms with Crippen molar-refractivity contribution in [3.05, 3.63) is 33.7 Å². The molecule has 1 aliphatic heterocycles. The van der Waals surface area contributed by atoms with Crippen LogP contribution < -0.4 is 10.7 Å². The number of ether oxygens (including phenoxy) is 1. The van der Waals surface area contributed by atoms with Crippen LogP contribution in [0.1, 0.15) is 85.0 Å². The second kappa shape index (κ2) is 10.4. The molecule has 0 atom stereocenters. The van der Waals surface area contributed by atoms with Crippen LogP contribution in [0.5, 0.6) is 0 Å². The second-order valence-corrected chi connectivity index (χ2v) is 9.23. The molecule has 1 aromatic rings. The van der Waals surface area contributed by atoms with E-state index >= 15 is 0 Å². The third-order valence-electron chi connectivity index (χ3n) is 6.77. The van der Waals surface area contributed by atoms with Crippen LogP contribution in [0.4, 0.5) is 4.79 Å². The van der Waals surface area contributed by atoms with E-state index < -0.39 is 11.5 Å². The molecule has 1 aromatic heterocycles. The van der Waals surface area contributed by atoms with Crippen molar-refractivity contribution < 1.29 is 19.1 Å². The highest BCUT2D eigenvalue weighted by Crippen LogP contribution is 2.34. The standard InChI is InChI=1S/C24H34N4O5/c1-2-33-24(32)27-13-11-26(12-14-27)23(31)20-16-28(18-9-10-18)15-19(21(20)29)22(30)25-17-7-5-3-4-6-8-17/h15-18H,2-14H2,1H3,(H,25,30). The lowest BCUT2D eigenvalue weighted by Crippen LogP contribution is -2.51. The lowest BCUT2D eigenvalue weighted by atomic mass is 10.1. The van der Waals surface area contributed by atoms with E-state index in [-0.39, 0.29) is 35.0 Å². The Morgan fingerprint density at radius 1 is 0.909 bits per heavy atom. The van der Waals surface area contributed by atoms with Gasteiger partial charge in [0, 0.05) is 50.7 Å². The van der Waals surface area contributed by atoms with Crippen molar-refractivity contribution in [2.75, 3.05) is 32.8 Å². The summed E-state index contributed by atoms with van der Waals surface area (Å²) in [7, 11) is 0. The first-order valence-electron chi connectivity index (χ1n) is 12.3. The van der Waals surface area contributed by atoms with E-state index in [1.54, 1.807) is 29.1 Å². The third-order valence-corrected chi connectivity index (χ3v) is 6.77. The Hall–Kier alpha value is -2.84. The first-order valence-corrected chi connectivity index (χ1v) is 12.3. The summed E-state index contributed by atoms with van der Waals surface area (Å²) in [5.74, 6) is -0.773. The van der Waals surface area contributed by atoms with E-state index in [0.29, 0.717) is 32.8 Å². The van der Waals surface area contributed by atoms with Gasteiger partial charge in [-0.2, -0.15) is 0 Å². The summed E-state index contributed by atoms with van der Waals surface area (Å²) in [5.41, 5.74) is -0.446. The number of amides is 3. The minimum atomic E-state index is -0.518. The van der Waals surface area contributed by atoms with Crippen molar-refractivity contribution >= 4 is 17.9 Å². The Morgan fingerprint density at radius 3 is 2.12 bits per heavy atom. The van der Waals surface area contributed by atoms with Crippen LogP contribution >= 0.6 is 0 Å². The number of nitrogens with zero attached hydrogens (tertiary/aromatic N) is 3. The average Bonchev–Trinajstić information content (AvgIpc) is 3.67. The van der Waals surface area contributed by atoms with Gasteiger partial charge in [-0.15, -0.1) is 0 Å². The fourth-order valence-electron chi connectivity index (χ4n) is 4.66. The van der Waals surface area contributed by atoms with Gasteiger partial charge in [-0.05, 0) is 32.6 Å². The number of carbonyl (C=O) groups is 3. The van der Waals surface area contributed by atoms with Crippen molar-refractivity contribution in [1.82, 2.24) is 19.7 Å². The number of aromatic nitrogens is 1. The van der Waals surface area contributed by atoms with Gasteiger partial charge >= 0.3 is 6.09 Å². The second-order valence-electron chi connectivity index (χ2n) is 9.23. The van der Waals surface area contributed by atoms with Crippen LogP contribution in [0, 0.1) is 0 Å². The predicted molar refractivity (Wildman–Crippen MR) is 122 cm³/mol. The summed E-state index contributed by atoms with van der Waals surface area (Å²) >= 11 is 0. The molecular formula is C24H34N4O5. The molecule has 1 saturated heterocycles. The summed E-state index contributed by atoms with van der Waals surface area (Å²) < 4.78 is 6.88. The fraction of sp³-hybridized carbons (Fsp3) is 0.667. The Bertz CT molecular complexity index is 939. The number of pyridine rings is 1. The van der Waals surface area contributed by atoms with Crippen LogP contribution in [0.3, 0.4) is 0 Å².